The van der Waals surface area contributed by atoms with E-state index < -0.39 is 0 Å². The van der Waals surface area contributed by atoms with Gasteiger partial charge < -0.3 is 11.1 Å². The molecule has 0 aliphatic heterocycles. The van der Waals surface area contributed by atoms with Crippen molar-refractivity contribution in [1.29, 1.82) is 0 Å². The zero-order valence-corrected chi connectivity index (χ0v) is 9.80. The largest absolute Gasteiger partial charge is 0.355 e. The Morgan fingerprint density at radius 1 is 1.47 bits per heavy atom. The van der Waals surface area contributed by atoms with Crippen molar-refractivity contribution in [1.82, 2.24) is 5.32 Å². The molecule has 0 aromatic rings. The topological polar surface area (TPSA) is 55.1 Å². The number of rotatable bonds is 6. The predicted octanol–water partition coefficient (Wildman–Crippen LogP) is 1.81. The van der Waals surface area contributed by atoms with Crippen LogP contribution in [0.4, 0.5) is 0 Å². The van der Waals surface area contributed by atoms with Crippen LogP contribution in [0.5, 0.6) is 0 Å². The van der Waals surface area contributed by atoms with Gasteiger partial charge in [0, 0.05) is 6.54 Å². The van der Waals surface area contributed by atoms with Crippen LogP contribution in [0, 0.1) is 5.92 Å². The van der Waals surface area contributed by atoms with Crippen LogP contribution in [0.3, 0.4) is 0 Å². The van der Waals surface area contributed by atoms with Crippen molar-refractivity contribution >= 4 is 5.91 Å². The molecule has 15 heavy (non-hydrogen) atoms. The van der Waals surface area contributed by atoms with Crippen LogP contribution in [0.15, 0.2) is 0 Å². The third kappa shape index (κ3) is 4.65. The first-order chi connectivity index (χ1) is 7.24. The Bertz CT molecular complexity index is 188. The van der Waals surface area contributed by atoms with Gasteiger partial charge in [-0.15, -0.1) is 0 Å². The summed E-state index contributed by atoms with van der Waals surface area (Å²) in [4.78, 5) is 11.5. The van der Waals surface area contributed by atoms with Crippen molar-refractivity contribution in [3.63, 3.8) is 0 Å². The molecule has 3 N–H and O–H groups in total. The molecule has 0 unspecified atom stereocenters. The van der Waals surface area contributed by atoms with E-state index in [1.807, 2.05) is 6.92 Å². The van der Waals surface area contributed by atoms with Crippen molar-refractivity contribution in [3.05, 3.63) is 0 Å². The highest BCUT2D eigenvalue weighted by Crippen LogP contribution is 2.26. The van der Waals surface area contributed by atoms with Gasteiger partial charge in [0.15, 0.2) is 0 Å². The maximum absolute atomic E-state index is 11.5. The van der Waals surface area contributed by atoms with Gasteiger partial charge in [-0.25, -0.2) is 0 Å². The van der Waals surface area contributed by atoms with Crippen LogP contribution < -0.4 is 11.1 Å². The fourth-order valence-electron chi connectivity index (χ4n) is 2.27. The van der Waals surface area contributed by atoms with E-state index in [9.17, 15) is 4.79 Å². The lowest BCUT2D eigenvalue weighted by atomic mass is 10.0. The van der Waals surface area contributed by atoms with Gasteiger partial charge >= 0.3 is 0 Å². The van der Waals surface area contributed by atoms with Crippen LogP contribution in [-0.2, 0) is 4.79 Å². The van der Waals surface area contributed by atoms with Crippen molar-refractivity contribution < 1.29 is 4.79 Å². The number of hydrogen-bond acceptors (Lipinski definition) is 2. The van der Waals surface area contributed by atoms with Crippen LogP contribution >= 0.6 is 0 Å². The SMILES string of the molecule is CCC[C@@H](N)C(=O)NCCC1CCCC1. The van der Waals surface area contributed by atoms with E-state index in [1.165, 1.54) is 25.7 Å². The molecule has 1 amide bonds. The summed E-state index contributed by atoms with van der Waals surface area (Å²) >= 11 is 0. The summed E-state index contributed by atoms with van der Waals surface area (Å²) in [5.41, 5.74) is 5.71. The molecular weight excluding hydrogens is 188 g/mol. The molecule has 1 aliphatic rings. The maximum Gasteiger partial charge on any atom is 0.236 e. The molecule has 0 aromatic heterocycles. The highest BCUT2D eigenvalue weighted by molar-refractivity contribution is 5.81. The number of carbonyl (C=O) groups is 1. The molecule has 1 fully saturated rings. The van der Waals surface area contributed by atoms with Crippen molar-refractivity contribution in [2.75, 3.05) is 6.54 Å². The van der Waals surface area contributed by atoms with Gasteiger partial charge in [-0.3, -0.25) is 4.79 Å². The highest BCUT2D eigenvalue weighted by atomic mass is 16.2. The standard InChI is InChI=1S/C12H24N2O/c1-2-5-11(13)12(15)14-9-8-10-6-3-4-7-10/h10-11H,2-9,13H2,1H3,(H,14,15)/t11-/m1/s1. The Morgan fingerprint density at radius 3 is 2.73 bits per heavy atom. The molecule has 0 spiro atoms. The third-order valence-electron chi connectivity index (χ3n) is 3.26. The Hall–Kier alpha value is -0.570. The molecule has 1 saturated carbocycles. The van der Waals surface area contributed by atoms with E-state index in [4.69, 9.17) is 5.73 Å². The predicted molar refractivity (Wildman–Crippen MR) is 62.5 cm³/mol. The van der Waals surface area contributed by atoms with Crippen LogP contribution in [-0.4, -0.2) is 18.5 Å². The Morgan fingerprint density at radius 2 is 2.13 bits per heavy atom. The van der Waals surface area contributed by atoms with Gasteiger partial charge in [0.2, 0.25) is 5.91 Å². The van der Waals surface area contributed by atoms with Crippen molar-refractivity contribution in [3.8, 4) is 0 Å². The van der Waals surface area contributed by atoms with E-state index in [1.54, 1.807) is 0 Å². The first-order valence-electron chi connectivity index (χ1n) is 6.27. The molecule has 0 heterocycles. The monoisotopic (exact) mass is 212 g/mol. The number of nitrogens with two attached hydrogens (primary N) is 1. The van der Waals surface area contributed by atoms with Crippen LogP contribution in [0.1, 0.15) is 51.9 Å². The van der Waals surface area contributed by atoms with E-state index in [-0.39, 0.29) is 11.9 Å². The first-order valence-corrected chi connectivity index (χ1v) is 6.27. The third-order valence-corrected chi connectivity index (χ3v) is 3.26. The summed E-state index contributed by atoms with van der Waals surface area (Å²) in [5.74, 6) is 0.863. The minimum atomic E-state index is -0.307. The fraction of sp³-hybridized carbons (Fsp3) is 0.917. The summed E-state index contributed by atoms with van der Waals surface area (Å²) in [6, 6.07) is -0.307. The van der Waals surface area contributed by atoms with Crippen molar-refractivity contribution in [2.45, 2.75) is 57.9 Å². The molecule has 1 atom stereocenters. The molecule has 3 nitrogen and oxygen atoms in total. The Labute approximate surface area is 92.8 Å². The fourth-order valence-corrected chi connectivity index (χ4v) is 2.27. The molecular formula is C12H24N2O. The number of carbonyl (C=O) groups excluding carboxylic acids is 1. The summed E-state index contributed by atoms with van der Waals surface area (Å²) < 4.78 is 0. The van der Waals surface area contributed by atoms with E-state index in [2.05, 4.69) is 5.32 Å². The minimum absolute atomic E-state index is 0.0230. The van der Waals surface area contributed by atoms with Gasteiger partial charge in [0.05, 0.1) is 6.04 Å². The lowest BCUT2D eigenvalue weighted by Crippen LogP contribution is -2.41. The van der Waals surface area contributed by atoms with Gasteiger partial charge in [-0.2, -0.15) is 0 Å². The zero-order valence-electron chi connectivity index (χ0n) is 9.80. The molecule has 1 aliphatic carbocycles. The quantitative estimate of drug-likeness (QED) is 0.705. The zero-order chi connectivity index (χ0) is 11.1. The molecule has 1 rings (SSSR count). The number of amides is 1. The minimum Gasteiger partial charge on any atom is -0.355 e. The second kappa shape index (κ2) is 6.83. The van der Waals surface area contributed by atoms with E-state index in [0.717, 1.165) is 31.7 Å². The molecule has 0 bridgehead atoms. The second-order valence-electron chi connectivity index (χ2n) is 4.63. The number of hydrogen-bond donors (Lipinski definition) is 2. The molecule has 0 radical (unpaired) electrons. The first kappa shape index (κ1) is 12.5. The lowest BCUT2D eigenvalue weighted by Gasteiger charge is -2.13. The summed E-state index contributed by atoms with van der Waals surface area (Å²) in [6.45, 7) is 2.85. The average molecular weight is 212 g/mol. The number of nitrogens with one attached hydrogen (secondary N) is 1. The summed E-state index contributed by atoms with van der Waals surface area (Å²) in [6.07, 6.45) is 8.31. The molecule has 0 aromatic carbocycles. The van der Waals surface area contributed by atoms with Gasteiger partial charge in [0.25, 0.3) is 0 Å². The van der Waals surface area contributed by atoms with Crippen LogP contribution in [0.2, 0.25) is 0 Å². The normalized spacial score (nSPS) is 19.1. The molecule has 88 valence electrons. The van der Waals surface area contributed by atoms with Gasteiger partial charge in [-0.05, 0) is 18.8 Å². The lowest BCUT2D eigenvalue weighted by molar-refractivity contribution is -0.122. The smallest absolute Gasteiger partial charge is 0.236 e. The van der Waals surface area contributed by atoms with Crippen LogP contribution in [0.25, 0.3) is 0 Å². The van der Waals surface area contributed by atoms with Gasteiger partial charge in [-0.1, -0.05) is 39.0 Å². The Kier molecular flexibility index (Phi) is 5.69. The summed E-state index contributed by atoms with van der Waals surface area (Å²) in [7, 11) is 0. The molecule has 0 saturated heterocycles. The highest BCUT2D eigenvalue weighted by Gasteiger charge is 2.16. The average Bonchev–Trinajstić information content (AvgIpc) is 2.71. The van der Waals surface area contributed by atoms with E-state index in [0.29, 0.717) is 0 Å². The maximum atomic E-state index is 11.5. The van der Waals surface area contributed by atoms with Gasteiger partial charge in [0.1, 0.15) is 0 Å². The van der Waals surface area contributed by atoms with Crippen molar-refractivity contribution in [2.24, 2.45) is 11.7 Å². The Balaban J connectivity index is 2.05. The second-order valence-corrected chi connectivity index (χ2v) is 4.63. The summed E-state index contributed by atoms with van der Waals surface area (Å²) in [5, 5.41) is 2.93. The van der Waals surface area contributed by atoms with E-state index >= 15 is 0 Å². The molecule has 3 heteroatoms.